The summed E-state index contributed by atoms with van der Waals surface area (Å²) >= 11 is 0. The second-order valence-electron chi connectivity index (χ2n) is 5.83. The molecule has 128 valence electrons. The van der Waals surface area contributed by atoms with Crippen LogP contribution in [0.5, 0.6) is 17.2 Å². The van der Waals surface area contributed by atoms with E-state index < -0.39 is 0 Å². The maximum absolute atomic E-state index is 5.56. The van der Waals surface area contributed by atoms with Crippen LogP contribution in [0.15, 0.2) is 29.3 Å². The molecule has 0 aliphatic heterocycles. The van der Waals surface area contributed by atoms with E-state index in [-0.39, 0.29) is 0 Å². The van der Waals surface area contributed by atoms with Crippen molar-refractivity contribution in [1.29, 1.82) is 0 Å². The van der Waals surface area contributed by atoms with Gasteiger partial charge in [0.25, 0.3) is 0 Å². The topological polar surface area (TPSA) is 40.0 Å². The van der Waals surface area contributed by atoms with Gasteiger partial charge in [-0.25, -0.2) is 0 Å². The molecule has 0 heterocycles. The highest BCUT2D eigenvalue weighted by molar-refractivity contribution is 6.03. The third-order valence-corrected chi connectivity index (χ3v) is 4.01. The molecule has 0 saturated heterocycles. The fourth-order valence-corrected chi connectivity index (χ4v) is 2.96. The maximum atomic E-state index is 5.56. The predicted octanol–water partition coefficient (Wildman–Crippen LogP) is 4.78. The van der Waals surface area contributed by atoms with Gasteiger partial charge >= 0.3 is 0 Å². The summed E-state index contributed by atoms with van der Waals surface area (Å²) in [6, 6.07) is 8.10. The molecule has 0 aromatic heterocycles. The molecular formula is C20H25NO3. The van der Waals surface area contributed by atoms with Crippen molar-refractivity contribution < 1.29 is 14.2 Å². The highest BCUT2D eigenvalue weighted by Crippen LogP contribution is 2.40. The van der Waals surface area contributed by atoms with Gasteiger partial charge in [0.2, 0.25) is 5.75 Å². The summed E-state index contributed by atoms with van der Waals surface area (Å²) in [5.41, 5.74) is 6.30. The van der Waals surface area contributed by atoms with Crippen LogP contribution in [0, 0.1) is 20.8 Å². The number of benzene rings is 2. The van der Waals surface area contributed by atoms with E-state index in [1.165, 1.54) is 5.56 Å². The van der Waals surface area contributed by atoms with Crippen LogP contribution in [0.25, 0.3) is 0 Å². The van der Waals surface area contributed by atoms with Gasteiger partial charge in [-0.2, -0.15) is 0 Å². The Kier molecular flexibility index (Phi) is 5.50. The van der Waals surface area contributed by atoms with Crippen LogP contribution in [0.3, 0.4) is 0 Å². The first-order valence-corrected chi connectivity index (χ1v) is 7.85. The van der Waals surface area contributed by atoms with Gasteiger partial charge in [0.1, 0.15) is 0 Å². The number of hydrogen-bond donors (Lipinski definition) is 0. The molecule has 2 aromatic carbocycles. The molecule has 0 fully saturated rings. The van der Waals surface area contributed by atoms with Crippen molar-refractivity contribution in [3.05, 3.63) is 46.5 Å². The number of rotatable bonds is 5. The monoisotopic (exact) mass is 327 g/mol. The first-order chi connectivity index (χ1) is 11.4. The Hall–Kier alpha value is -2.49. The summed E-state index contributed by atoms with van der Waals surface area (Å²) in [4.78, 5) is 4.85. The zero-order chi connectivity index (χ0) is 17.9. The van der Waals surface area contributed by atoms with Gasteiger partial charge < -0.3 is 14.2 Å². The van der Waals surface area contributed by atoms with Gasteiger partial charge in [-0.1, -0.05) is 17.7 Å². The van der Waals surface area contributed by atoms with Gasteiger partial charge in [-0.05, 0) is 51.0 Å². The molecular weight excluding hydrogens is 302 g/mol. The van der Waals surface area contributed by atoms with E-state index in [0.717, 1.165) is 28.1 Å². The number of hydrogen-bond acceptors (Lipinski definition) is 4. The molecule has 24 heavy (non-hydrogen) atoms. The Balaban J connectivity index is 2.60. The molecule has 0 N–H and O–H groups in total. The lowest BCUT2D eigenvalue weighted by atomic mass is 10.0. The Morgan fingerprint density at radius 1 is 0.833 bits per heavy atom. The Labute approximate surface area is 144 Å². The summed E-state index contributed by atoms with van der Waals surface area (Å²) < 4.78 is 16.4. The number of nitrogens with zero attached hydrogens (tertiary/aromatic N) is 1. The van der Waals surface area contributed by atoms with E-state index in [1.807, 2.05) is 19.1 Å². The third kappa shape index (κ3) is 3.37. The molecule has 0 amide bonds. The number of aryl methyl sites for hydroxylation is 3. The van der Waals surface area contributed by atoms with Crippen molar-refractivity contribution in [1.82, 2.24) is 0 Å². The molecule has 0 atom stereocenters. The van der Waals surface area contributed by atoms with Crippen LogP contribution in [0.2, 0.25) is 0 Å². The molecule has 0 bridgehead atoms. The normalized spacial score (nSPS) is 11.4. The SMILES string of the molecule is COc1ccc(C(C)=Nc2c(C)cc(C)cc2C)c(OC)c1OC. The second kappa shape index (κ2) is 7.39. The zero-order valence-electron chi connectivity index (χ0n) is 15.5. The second-order valence-corrected chi connectivity index (χ2v) is 5.83. The average Bonchev–Trinajstić information content (AvgIpc) is 2.56. The summed E-state index contributed by atoms with van der Waals surface area (Å²) in [6.07, 6.45) is 0. The lowest BCUT2D eigenvalue weighted by Gasteiger charge is -2.16. The minimum Gasteiger partial charge on any atom is -0.493 e. The Bertz CT molecular complexity index is 756. The molecule has 0 radical (unpaired) electrons. The predicted molar refractivity (Wildman–Crippen MR) is 98.6 cm³/mol. The molecule has 2 rings (SSSR count). The molecule has 0 saturated carbocycles. The Morgan fingerprint density at radius 2 is 1.42 bits per heavy atom. The van der Waals surface area contributed by atoms with Gasteiger partial charge in [-0.15, -0.1) is 0 Å². The average molecular weight is 327 g/mol. The largest absolute Gasteiger partial charge is 0.493 e. The van der Waals surface area contributed by atoms with E-state index >= 15 is 0 Å². The summed E-state index contributed by atoms with van der Waals surface area (Å²) in [7, 11) is 4.83. The van der Waals surface area contributed by atoms with Crippen molar-refractivity contribution in [2.75, 3.05) is 21.3 Å². The van der Waals surface area contributed by atoms with Crippen LogP contribution in [-0.4, -0.2) is 27.0 Å². The van der Waals surface area contributed by atoms with Crippen LogP contribution in [-0.2, 0) is 0 Å². The van der Waals surface area contributed by atoms with Gasteiger partial charge in [-0.3, -0.25) is 4.99 Å². The standard InChI is InChI=1S/C20H25NO3/c1-12-10-13(2)18(14(3)11-12)21-15(4)16-8-9-17(22-5)20(24-7)19(16)23-6/h8-11H,1-7H3. The molecule has 0 aliphatic carbocycles. The number of aliphatic imine (C=N–C) groups is 1. The minimum atomic E-state index is 0.574. The fraction of sp³-hybridized carbons (Fsp3) is 0.350. The molecule has 0 spiro atoms. The molecule has 0 aliphatic rings. The molecule has 2 aromatic rings. The van der Waals surface area contributed by atoms with Crippen molar-refractivity contribution in [2.24, 2.45) is 4.99 Å². The lowest BCUT2D eigenvalue weighted by Crippen LogP contribution is -2.03. The van der Waals surface area contributed by atoms with Crippen molar-refractivity contribution in [3.8, 4) is 17.2 Å². The van der Waals surface area contributed by atoms with Crippen LogP contribution < -0.4 is 14.2 Å². The van der Waals surface area contributed by atoms with Gasteiger partial charge in [0, 0.05) is 11.3 Å². The van der Waals surface area contributed by atoms with Gasteiger partial charge in [0.15, 0.2) is 11.5 Å². The van der Waals surface area contributed by atoms with Gasteiger partial charge in [0.05, 0.1) is 27.0 Å². The van der Waals surface area contributed by atoms with Crippen LogP contribution in [0.4, 0.5) is 5.69 Å². The first-order valence-electron chi connectivity index (χ1n) is 7.85. The minimum absolute atomic E-state index is 0.574. The summed E-state index contributed by atoms with van der Waals surface area (Å²) in [6.45, 7) is 8.23. The maximum Gasteiger partial charge on any atom is 0.203 e. The first kappa shape index (κ1) is 17.9. The molecule has 4 heteroatoms. The van der Waals surface area contributed by atoms with Crippen LogP contribution >= 0.6 is 0 Å². The third-order valence-electron chi connectivity index (χ3n) is 4.01. The fourth-order valence-electron chi connectivity index (χ4n) is 2.96. The van der Waals surface area contributed by atoms with Crippen molar-refractivity contribution >= 4 is 11.4 Å². The van der Waals surface area contributed by atoms with E-state index in [9.17, 15) is 0 Å². The molecule has 4 nitrogen and oxygen atoms in total. The highest BCUT2D eigenvalue weighted by atomic mass is 16.5. The number of ether oxygens (including phenoxy) is 3. The lowest BCUT2D eigenvalue weighted by molar-refractivity contribution is 0.324. The summed E-state index contributed by atoms with van der Waals surface area (Å²) in [5.74, 6) is 1.83. The quantitative estimate of drug-likeness (QED) is 0.742. The smallest absolute Gasteiger partial charge is 0.203 e. The van der Waals surface area contributed by atoms with Crippen LogP contribution in [0.1, 0.15) is 29.2 Å². The van der Waals surface area contributed by atoms with E-state index in [0.29, 0.717) is 17.2 Å². The van der Waals surface area contributed by atoms with Crippen molar-refractivity contribution in [3.63, 3.8) is 0 Å². The van der Waals surface area contributed by atoms with E-state index in [2.05, 4.69) is 32.9 Å². The number of methoxy groups -OCH3 is 3. The van der Waals surface area contributed by atoms with Crippen molar-refractivity contribution in [2.45, 2.75) is 27.7 Å². The summed E-state index contributed by atoms with van der Waals surface area (Å²) in [5, 5.41) is 0. The highest BCUT2D eigenvalue weighted by Gasteiger charge is 2.17. The van der Waals surface area contributed by atoms with E-state index in [4.69, 9.17) is 19.2 Å². The van der Waals surface area contributed by atoms with E-state index in [1.54, 1.807) is 21.3 Å². The Morgan fingerprint density at radius 3 is 1.92 bits per heavy atom. The zero-order valence-corrected chi connectivity index (χ0v) is 15.5. The molecule has 0 unspecified atom stereocenters.